The smallest absolute Gasteiger partial charge is 0.416 e. The molecule has 1 unspecified atom stereocenters. The predicted octanol–water partition coefficient (Wildman–Crippen LogP) is 2.68. The molecule has 0 radical (unpaired) electrons. The summed E-state index contributed by atoms with van der Waals surface area (Å²) >= 11 is 0. The zero-order chi connectivity index (χ0) is 16.9. The van der Waals surface area contributed by atoms with E-state index >= 15 is 0 Å². The molecule has 4 N–H and O–H groups in total. The van der Waals surface area contributed by atoms with Crippen molar-refractivity contribution in [1.82, 2.24) is 0 Å². The Morgan fingerprint density at radius 1 is 1.50 bits per heavy atom. The van der Waals surface area contributed by atoms with E-state index in [1.165, 1.54) is 6.07 Å². The van der Waals surface area contributed by atoms with Crippen LogP contribution >= 0.6 is 0 Å². The van der Waals surface area contributed by atoms with Crippen molar-refractivity contribution < 1.29 is 23.1 Å². The number of nitrogens with two attached hydrogens (primary N) is 1. The average molecular weight is 312 g/mol. The number of aliphatic hydroxyl groups is 1. The molecule has 4 nitrogen and oxygen atoms in total. The van der Waals surface area contributed by atoms with Crippen molar-refractivity contribution in [2.24, 2.45) is 11.7 Å². The molecule has 2 atom stereocenters. The molecule has 7 heteroatoms. The summed E-state index contributed by atoms with van der Waals surface area (Å²) in [4.78, 5) is 11.7. The van der Waals surface area contributed by atoms with Gasteiger partial charge in [-0.25, -0.2) is 0 Å². The Morgan fingerprint density at radius 3 is 2.64 bits per heavy atom. The first kappa shape index (κ1) is 17.6. The van der Waals surface area contributed by atoms with Crippen LogP contribution in [0.5, 0.6) is 0 Å². The van der Waals surface area contributed by atoms with Crippen LogP contribution in [0.15, 0.2) is 36.1 Å². The molecule has 1 aromatic carbocycles. The monoisotopic (exact) mass is 312 g/mol. The molecule has 0 fully saturated rings. The van der Waals surface area contributed by atoms with E-state index < -0.39 is 35.4 Å². The van der Waals surface area contributed by atoms with E-state index in [9.17, 15) is 23.1 Å². The molecule has 1 rings (SSSR count). The molecule has 0 aliphatic carbocycles. The molecule has 0 saturated carbocycles. The van der Waals surface area contributed by atoms with Gasteiger partial charge in [-0.05, 0) is 31.2 Å². The van der Waals surface area contributed by atoms with Crippen molar-refractivity contribution in [3.05, 3.63) is 41.7 Å². The number of terminal acetylenes is 1. The minimum Gasteiger partial charge on any atom is -0.503 e. The lowest BCUT2D eigenvalue weighted by Gasteiger charge is -2.12. The second-order valence-corrected chi connectivity index (χ2v) is 4.64. The number of alkyl halides is 3. The van der Waals surface area contributed by atoms with E-state index in [-0.39, 0.29) is 5.69 Å². The average Bonchev–Trinajstić information content (AvgIpc) is 2.43. The lowest BCUT2D eigenvalue weighted by atomic mass is 10.0. The van der Waals surface area contributed by atoms with Crippen molar-refractivity contribution in [3.8, 4) is 12.3 Å². The van der Waals surface area contributed by atoms with Gasteiger partial charge in [0.15, 0.2) is 5.76 Å². The van der Waals surface area contributed by atoms with Gasteiger partial charge < -0.3 is 16.2 Å². The first-order chi connectivity index (χ1) is 10.1. The van der Waals surface area contributed by atoms with E-state index in [2.05, 4.69) is 11.2 Å². The van der Waals surface area contributed by atoms with E-state index in [0.717, 1.165) is 24.3 Å². The SMILES string of the molecule is C#CC(/C=C(\O)C(=O)Nc1cccc(C(F)(F)F)c1)[C@@H](C)N. The van der Waals surface area contributed by atoms with Crippen molar-refractivity contribution in [3.63, 3.8) is 0 Å². The Labute approximate surface area is 125 Å². The van der Waals surface area contributed by atoms with Crippen molar-refractivity contribution in [2.45, 2.75) is 19.1 Å². The molecule has 0 bridgehead atoms. The third-order valence-corrected chi connectivity index (χ3v) is 2.78. The van der Waals surface area contributed by atoms with Gasteiger partial charge in [-0.2, -0.15) is 13.2 Å². The Bertz CT molecular complexity index is 616. The Balaban J connectivity index is 2.90. The van der Waals surface area contributed by atoms with Crippen LogP contribution in [0.2, 0.25) is 0 Å². The van der Waals surface area contributed by atoms with Crippen molar-refractivity contribution in [2.75, 3.05) is 5.32 Å². The summed E-state index contributed by atoms with van der Waals surface area (Å²) in [5, 5.41) is 11.8. The summed E-state index contributed by atoms with van der Waals surface area (Å²) in [5.41, 5.74) is 4.55. The normalized spacial score (nSPS) is 14.8. The highest BCUT2D eigenvalue weighted by Crippen LogP contribution is 2.30. The van der Waals surface area contributed by atoms with Crippen LogP contribution in [0.3, 0.4) is 0 Å². The van der Waals surface area contributed by atoms with Crippen LogP contribution in [0.1, 0.15) is 12.5 Å². The summed E-state index contributed by atoms with van der Waals surface area (Å²) in [5.74, 6) is -0.0663. The number of carbonyl (C=O) groups is 1. The fraction of sp³-hybridized carbons (Fsp3) is 0.267. The van der Waals surface area contributed by atoms with Gasteiger partial charge in [0.25, 0.3) is 5.91 Å². The molecular formula is C15H15F3N2O2. The van der Waals surface area contributed by atoms with Gasteiger partial charge in [0.1, 0.15) is 0 Å². The maximum absolute atomic E-state index is 12.6. The molecular weight excluding hydrogens is 297 g/mol. The second kappa shape index (κ2) is 7.00. The molecule has 0 aliphatic rings. The zero-order valence-corrected chi connectivity index (χ0v) is 11.7. The first-order valence-electron chi connectivity index (χ1n) is 6.26. The summed E-state index contributed by atoms with van der Waals surface area (Å²) < 4.78 is 37.7. The Kier molecular flexibility index (Phi) is 5.60. The van der Waals surface area contributed by atoms with Gasteiger partial charge in [-0.1, -0.05) is 12.0 Å². The summed E-state index contributed by atoms with van der Waals surface area (Å²) in [6, 6.07) is 3.55. The molecule has 1 aromatic rings. The standard InChI is InChI=1S/C15H15F3N2O2/c1-3-10(9(2)19)7-13(21)14(22)20-12-6-4-5-11(8-12)15(16,17)18/h1,4-10,21H,19H2,2H3,(H,20,22)/b13-7-/t9-,10?/m1/s1. The number of carbonyl (C=O) groups excluding carboxylic acids is 1. The maximum atomic E-state index is 12.6. The van der Waals surface area contributed by atoms with Crippen LogP contribution in [0.25, 0.3) is 0 Å². The number of anilines is 1. The molecule has 1 amide bonds. The van der Waals surface area contributed by atoms with Gasteiger partial charge in [0, 0.05) is 11.7 Å². The number of amides is 1. The topological polar surface area (TPSA) is 75.3 Å². The van der Waals surface area contributed by atoms with E-state index in [1.54, 1.807) is 6.92 Å². The fourth-order valence-corrected chi connectivity index (χ4v) is 1.57. The second-order valence-electron chi connectivity index (χ2n) is 4.64. The van der Waals surface area contributed by atoms with Crippen LogP contribution in [0, 0.1) is 18.3 Å². The molecule has 0 heterocycles. The number of hydrogen-bond donors (Lipinski definition) is 3. The highest BCUT2D eigenvalue weighted by Gasteiger charge is 2.30. The van der Waals surface area contributed by atoms with E-state index in [1.807, 2.05) is 0 Å². The van der Waals surface area contributed by atoms with Gasteiger partial charge in [-0.3, -0.25) is 4.79 Å². The molecule has 0 aliphatic heterocycles. The van der Waals surface area contributed by atoms with E-state index in [4.69, 9.17) is 12.2 Å². The minimum absolute atomic E-state index is 0.0992. The molecule has 0 saturated heterocycles. The van der Waals surface area contributed by atoms with Crippen molar-refractivity contribution in [1.29, 1.82) is 0 Å². The molecule has 0 spiro atoms. The molecule has 118 valence electrons. The summed E-state index contributed by atoms with van der Waals surface area (Å²) in [6.07, 6.45) is 1.75. The number of aliphatic hydroxyl groups excluding tert-OH is 1. The number of rotatable bonds is 4. The Hall–Kier alpha value is -2.46. The van der Waals surface area contributed by atoms with Crippen LogP contribution < -0.4 is 11.1 Å². The van der Waals surface area contributed by atoms with Gasteiger partial charge >= 0.3 is 6.18 Å². The highest BCUT2D eigenvalue weighted by molar-refractivity contribution is 6.02. The summed E-state index contributed by atoms with van der Waals surface area (Å²) in [7, 11) is 0. The maximum Gasteiger partial charge on any atom is 0.416 e. The number of hydrogen-bond acceptors (Lipinski definition) is 3. The number of benzene rings is 1. The highest BCUT2D eigenvalue weighted by atomic mass is 19.4. The first-order valence-corrected chi connectivity index (χ1v) is 6.26. The third kappa shape index (κ3) is 4.82. The summed E-state index contributed by atoms with van der Waals surface area (Å²) in [6.45, 7) is 1.60. The van der Waals surface area contributed by atoms with Gasteiger partial charge in [0.05, 0.1) is 11.5 Å². The van der Waals surface area contributed by atoms with E-state index in [0.29, 0.717) is 0 Å². The quantitative estimate of drug-likeness (QED) is 0.454. The Morgan fingerprint density at radius 2 is 2.14 bits per heavy atom. The zero-order valence-electron chi connectivity index (χ0n) is 11.7. The molecule has 22 heavy (non-hydrogen) atoms. The van der Waals surface area contributed by atoms with Gasteiger partial charge in [-0.15, -0.1) is 6.42 Å². The fourth-order valence-electron chi connectivity index (χ4n) is 1.57. The van der Waals surface area contributed by atoms with Crippen LogP contribution in [0.4, 0.5) is 18.9 Å². The predicted molar refractivity (Wildman–Crippen MR) is 76.8 cm³/mol. The lowest BCUT2D eigenvalue weighted by molar-refractivity contribution is -0.137. The minimum atomic E-state index is -4.53. The van der Waals surface area contributed by atoms with Crippen LogP contribution in [-0.2, 0) is 11.0 Å². The largest absolute Gasteiger partial charge is 0.503 e. The number of nitrogens with one attached hydrogen (secondary N) is 1. The lowest BCUT2D eigenvalue weighted by Crippen LogP contribution is -2.25. The van der Waals surface area contributed by atoms with Crippen LogP contribution in [-0.4, -0.2) is 17.1 Å². The number of halogens is 3. The molecule has 0 aromatic heterocycles. The van der Waals surface area contributed by atoms with Crippen molar-refractivity contribution >= 4 is 11.6 Å². The van der Waals surface area contributed by atoms with Gasteiger partial charge in [0.2, 0.25) is 0 Å². The third-order valence-electron chi connectivity index (χ3n) is 2.78.